The van der Waals surface area contributed by atoms with Gasteiger partial charge in [0, 0.05) is 4.70 Å². The Labute approximate surface area is 211 Å². The van der Waals surface area contributed by atoms with Crippen molar-refractivity contribution in [2.24, 2.45) is 0 Å². The number of fused-ring (bicyclic) bond motifs is 5. The molecule has 4 rings (SSSR count). The molecule has 1 N–H and O–H groups in total. The molecule has 0 bridgehead atoms. The molecule has 154 valence electrons. The molecule has 0 aliphatic rings. The van der Waals surface area contributed by atoms with Gasteiger partial charge >= 0.3 is 30.2 Å². The van der Waals surface area contributed by atoms with Crippen molar-refractivity contribution in [1.29, 1.82) is 0 Å². The van der Waals surface area contributed by atoms with Gasteiger partial charge in [0.05, 0.1) is 0 Å². The Balaban J connectivity index is -0.000000508. The van der Waals surface area contributed by atoms with Gasteiger partial charge in [-0.3, -0.25) is 0 Å². The molecular weight excluding hydrogens is 568 g/mol. The van der Waals surface area contributed by atoms with Crippen LogP contribution in [0.25, 0.3) is 36.7 Å². The van der Waals surface area contributed by atoms with Crippen molar-refractivity contribution in [2.45, 2.75) is 26.3 Å². The van der Waals surface area contributed by atoms with Crippen LogP contribution < -0.4 is 0 Å². The molecule has 0 fully saturated rings. The van der Waals surface area contributed by atoms with E-state index in [0.717, 1.165) is 4.47 Å². The first-order valence-electron chi connectivity index (χ1n) is 7.49. The monoisotopic (exact) mass is 591 g/mol. The molecule has 28 heavy (non-hydrogen) atoms. The van der Waals surface area contributed by atoms with Crippen molar-refractivity contribution in [3.63, 3.8) is 0 Å². The van der Waals surface area contributed by atoms with Crippen LogP contribution in [0.15, 0.2) is 53.0 Å². The van der Waals surface area contributed by atoms with Crippen molar-refractivity contribution in [2.75, 3.05) is 0 Å². The Kier molecular flexibility index (Phi) is 17.0. The standard InChI is InChI=1S/C15H8BrS.C4H10N.2CH3.2ClH.Si.Zr/c16-10-5-6-11-9(7-10)8-14-15(11)12-3-1-2-4-13(12)17-14;1-4(2,3)5;;;;;;/h1-8H;5H,1-3H3;2*1H3;2*1H;;/q4*-1;;;;. The van der Waals surface area contributed by atoms with E-state index in [1.165, 1.54) is 54.3 Å². The normalized spacial score (nSPS) is 9.43. The van der Waals surface area contributed by atoms with E-state index in [1.54, 1.807) is 0 Å². The second-order valence-corrected chi connectivity index (χ2v) is 8.46. The summed E-state index contributed by atoms with van der Waals surface area (Å²) in [6, 6.07) is 17.5. The molecule has 7 heteroatoms. The molecule has 3 aromatic carbocycles. The fraction of sp³-hybridized carbons (Fsp3) is 0.190. The maximum atomic E-state index is 6.94. The first-order chi connectivity index (χ1) is 11.3. The van der Waals surface area contributed by atoms with Gasteiger partial charge in [0.25, 0.3) is 0 Å². The number of hydrogen-bond donors (Lipinski definition) is 0. The topological polar surface area (TPSA) is 23.8 Å². The quantitative estimate of drug-likeness (QED) is 0.143. The summed E-state index contributed by atoms with van der Waals surface area (Å²) in [5.41, 5.74) is 6.69. The van der Waals surface area contributed by atoms with Crippen molar-refractivity contribution in [3.8, 4) is 0 Å². The van der Waals surface area contributed by atoms with Crippen LogP contribution in [0.5, 0.6) is 0 Å². The van der Waals surface area contributed by atoms with Gasteiger partial charge in [0.1, 0.15) is 0 Å². The molecule has 0 saturated heterocycles. The Hall–Kier alpha value is 0.390. The molecular formula is C21H26BrCl2NSSiZr-4. The fourth-order valence-electron chi connectivity index (χ4n) is 2.47. The molecule has 1 nitrogen and oxygen atoms in total. The summed E-state index contributed by atoms with van der Waals surface area (Å²) in [5.74, 6) is 0. The zero-order chi connectivity index (χ0) is 17.9. The third-order valence-corrected chi connectivity index (χ3v) is 4.80. The van der Waals surface area contributed by atoms with E-state index in [-0.39, 0.29) is 45.2 Å². The van der Waals surface area contributed by atoms with Crippen molar-refractivity contribution in [3.05, 3.63) is 73.6 Å². The van der Waals surface area contributed by atoms with Crippen LogP contribution in [0, 0.1) is 14.9 Å². The zero-order valence-corrected chi connectivity index (χ0v) is 24.2. The molecule has 4 aromatic rings. The van der Waals surface area contributed by atoms with Gasteiger partial charge in [-0.2, -0.15) is 11.3 Å². The van der Waals surface area contributed by atoms with Gasteiger partial charge < -0.3 is 20.6 Å². The Morgan fingerprint density at radius 2 is 1.54 bits per heavy atom. The van der Waals surface area contributed by atoms with Crippen LogP contribution in [0.3, 0.4) is 0 Å². The first kappa shape index (κ1) is 33.0. The molecule has 0 aliphatic heterocycles. The number of thiophene rings is 1. The first-order valence-corrected chi connectivity index (χ1v) is 13.3. The predicted molar refractivity (Wildman–Crippen MR) is 137 cm³/mol. The second-order valence-electron chi connectivity index (χ2n) is 6.46. The summed E-state index contributed by atoms with van der Waals surface area (Å²) in [6.45, 7) is 8.62. The number of nitrogens with one attached hydrogen (secondary N) is 1. The summed E-state index contributed by atoms with van der Waals surface area (Å²) < 4.78 is 3.91. The van der Waals surface area contributed by atoms with Gasteiger partial charge in [-0.15, -0.1) is 64.7 Å². The number of halogens is 3. The van der Waals surface area contributed by atoms with Gasteiger partial charge in [-0.05, 0) is 15.9 Å². The summed E-state index contributed by atoms with van der Waals surface area (Å²) >= 11 is 6.76. The SMILES string of the molecule is Brc1ccc2c(c1)[cH-]c1sc3ccccc3c12.CC(C)(C)[NH-].Cl.Cl.[CH3-].[CH3-].[Si]=[Zr]. The van der Waals surface area contributed by atoms with Crippen molar-refractivity contribution >= 4 is 89.9 Å². The van der Waals surface area contributed by atoms with E-state index >= 15 is 0 Å². The van der Waals surface area contributed by atoms with Crippen LogP contribution in [0.1, 0.15) is 20.8 Å². The average Bonchev–Trinajstić information content (AvgIpc) is 3.02. The van der Waals surface area contributed by atoms with Crippen LogP contribution in [0.4, 0.5) is 0 Å². The number of benzene rings is 2. The van der Waals surface area contributed by atoms with Crippen LogP contribution >= 0.6 is 52.1 Å². The molecule has 0 aliphatic carbocycles. The Morgan fingerprint density at radius 1 is 1.00 bits per heavy atom. The predicted octanol–water partition coefficient (Wildman–Crippen LogP) is 8.89. The number of rotatable bonds is 0. The Morgan fingerprint density at radius 3 is 2.11 bits per heavy atom. The van der Waals surface area contributed by atoms with E-state index in [1.807, 2.05) is 32.1 Å². The molecule has 0 saturated carbocycles. The van der Waals surface area contributed by atoms with Crippen LogP contribution in [-0.4, -0.2) is 12.4 Å². The summed E-state index contributed by atoms with van der Waals surface area (Å²) in [4.78, 5) is 0. The molecule has 2 radical (unpaired) electrons. The van der Waals surface area contributed by atoms with Gasteiger partial charge in [0.15, 0.2) is 0 Å². The van der Waals surface area contributed by atoms with E-state index in [2.05, 4.69) is 71.3 Å². The minimum absolute atomic E-state index is 0. The molecule has 0 atom stereocenters. The van der Waals surface area contributed by atoms with E-state index in [9.17, 15) is 0 Å². The molecule has 0 unspecified atom stereocenters. The van der Waals surface area contributed by atoms with E-state index < -0.39 is 0 Å². The van der Waals surface area contributed by atoms with E-state index in [4.69, 9.17) is 5.73 Å². The zero-order valence-electron chi connectivity index (χ0n) is 16.7. The maximum absolute atomic E-state index is 6.94. The molecule has 1 aromatic heterocycles. The van der Waals surface area contributed by atoms with Crippen molar-refractivity contribution < 1.29 is 23.3 Å². The summed E-state index contributed by atoms with van der Waals surface area (Å²) in [7, 11) is 0. The third-order valence-electron chi connectivity index (χ3n) is 3.19. The van der Waals surface area contributed by atoms with Gasteiger partial charge in [-0.25, -0.2) is 0 Å². The Bertz CT molecular complexity index is 973. The molecule has 0 spiro atoms. The second kappa shape index (κ2) is 14.4. The number of hydrogen-bond acceptors (Lipinski definition) is 1. The van der Waals surface area contributed by atoms with Crippen molar-refractivity contribution in [1.82, 2.24) is 0 Å². The fourth-order valence-corrected chi connectivity index (χ4v) is 4.02. The van der Waals surface area contributed by atoms with Crippen LogP contribution in [0.2, 0.25) is 0 Å². The minimum atomic E-state index is -0.250. The van der Waals surface area contributed by atoms with Crippen LogP contribution in [-0.2, 0) is 23.3 Å². The molecule has 0 amide bonds. The van der Waals surface area contributed by atoms with Gasteiger partial charge in [0.2, 0.25) is 0 Å². The van der Waals surface area contributed by atoms with Gasteiger partial charge in [-0.1, -0.05) is 65.7 Å². The summed E-state index contributed by atoms with van der Waals surface area (Å²) in [6.07, 6.45) is 0. The summed E-state index contributed by atoms with van der Waals surface area (Å²) in [5, 5.41) is 5.48. The third kappa shape index (κ3) is 8.63. The molecule has 1 heterocycles. The van der Waals surface area contributed by atoms with E-state index in [0.29, 0.717) is 0 Å². The average molecular weight is 595 g/mol.